The molecule has 4 aliphatic carbocycles. The minimum atomic E-state index is -0.309. The first-order valence-corrected chi connectivity index (χ1v) is 11.0. The number of amides is 2. The van der Waals surface area contributed by atoms with Gasteiger partial charge in [-0.2, -0.15) is 0 Å². The van der Waals surface area contributed by atoms with E-state index in [2.05, 4.69) is 60.8 Å². The molecule has 1 aromatic carbocycles. The molecule has 0 aromatic heterocycles. The normalized spacial score (nSPS) is 33.6. The van der Waals surface area contributed by atoms with Crippen LogP contribution in [-0.2, 0) is 9.59 Å². The van der Waals surface area contributed by atoms with Crippen molar-refractivity contribution in [1.82, 2.24) is 15.5 Å². The predicted octanol–water partition coefficient (Wildman–Crippen LogP) is 3.19. The Balaban J connectivity index is 1.49. The molecule has 4 saturated carbocycles. The van der Waals surface area contributed by atoms with Crippen molar-refractivity contribution >= 4 is 11.8 Å². The quantitative estimate of drug-likeness (QED) is 0.775. The first-order valence-electron chi connectivity index (χ1n) is 11.0. The lowest BCUT2D eigenvalue weighted by Crippen LogP contribution is -2.65. The van der Waals surface area contributed by atoms with E-state index in [9.17, 15) is 9.59 Å². The molecule has 0 spiro atoms. The van der Waals surface area contributed by atoms with Gasteiger partial charge in [-0.25, -0.2) is 0 Å². The van der Waals surface area contributed by atoms with Crippen LogP contribution in [0.15, 0.2) is 24.3 Å². The van der Waals surface area contributed by atoms with Gasteiger partial charge in [0.25, 0.3) is 0 Å². The average molecular weight is 398 g/mol. The van der Waals surface area contributed by atoms with Crippen LogP contribution < -0.4 is 10.6 Å². The summed E-state index contributed by atoms with van der Waals surface area (Å²) in [5.74, 6) is 1.36. The Bertz CT molecular complexity index is 772. The van der Waals surface area contributed by atoms with Gasteiger partial charge in [0.05, 0.1) is 11.5 Å². The lowest BCUT2D eigenvalue weighted by Gasteiger charge is -2.61. The Morgan fingerprint density at radius 1 is 1.10 bits per heavy atom. The smallest absolute Gasteiger partial charge is 0.226 e. The Morgan fingerprint density at radius 3 is 2.28 bits per heavy atom. The molecule has 29 heavy (non-hydrogen) atoms. The maximum Gasteiger partial charge on any atom is 0.226 e. The molecule has 5 nitrogen and oxygen atoms in total. The highest BCUT2D eigenvalue weighted by Crippen LogP contribution is 2.61. The summed E-state index contributed by atoms with van der Waals surface area (Å²) in [6.07, 6.45) is 6.07. The summed E-state index contributed by atoms with van der Waals surface area (Å²) in [6, 6.07) is 8.72. The van der Waals surface area contributed by atoms with Gasteiger partial charge in [0, 0.05) is 19.0 Å². The summed E-state index contributed by atoms with van der Waals surface area (Å²) in [7, 11) is 4.13. The molecule has 2 amide bonds. The first-order chi connectivity index (χ1) is 13.7. The second-order valence-electron chi connectivity index (χ2n) is 10.3. The van der Waals surface area contributed by atoms with Gasteiger partial charge >= 0.3 is 0 Å². The van der Waals surface area contributed by atoms with E-state index >= 15 is 0 Å². The maximum absolute atomic E-state index is 13.5. The third kappa shape index (κ3) is 3.94. The molecular formula is C24H35N3O2. The molecule has 1 aromatic rings. The van der Waals surface area contributed by atoms with E-state index in [1.807, 2.05) is 0 Å². The lowest BCUT2D eigenvalue weighted by molar-refractivity contribution is -0.153. The molecule has 4 aliphatic rings. The number of hydrogen-bond donors (Lipinski definition) is 2. The number of carbonyl (C=O) groups excluding carboxylic acids is 2. The number of benzene rings is 1. The molecule has 5 atom stereocenters. The molecule has 0 saturated heterocycles. The van der Waals surface area contributed by atoms with Gasteiger partial charge in [0.15, 0.2) is 0 Å². The Morgan fingerprint density at radius 2 is 1.72 bits per heavy atom. The highest BCUT2D eigenvalue weighted by Gasteiger charge is 2.60. The van der Waals surface area contributed by atoms with Crippen LogP contribution in [0.5, 0.6) is 0 Å². The minimum Gasteiger partial charge on any atom is -0.354 e. The topological polar surface area (TPSA) is 61.4 Å². The Labute approximate surface area is 174 Å². The van der Waals surface area contributed by atoms with Crippen molar-refractivity contribution in [3.05, 3.63) is 35.4 Å². The van der Waals surface area contributed by atoms with Crippen LogP contribution in [-0.4, -0.2) is 42.9 Å². The number of rotatable bonds is 6. The van der Waals surface area contributed by atoms with Crippen LogP contribution in [0.4, 0.5) is 0 Å². The summed E-state index contributed by atoms with van der Waals surface area (Å²) in [5, 5.41) is 6.57. The van der Waals surface area contributed by atoms with Crippen molar-refractivity contribution in [2.75, 3.05) is 20.6 Å². The van der Waals surface area contributed by atoms with Crippen molar-refractivity contribution in [2.24, 2.45) is 17.3 Å². The van der Waals surface area contributed by atoms with E-state index in [1.54, 1.807) is 6.92 Å². The third-order valence-electron chi connectivity index (χ3n) is 7.53. The summed E-state index contributed by atoms with van der Waals surface area (Å²) in [5.41, 5.74) is 2.00. The Hall–Kier alpha value is -1.88. The molecule has 0 heterocycles. The van der Waals surface area contributed by atoms with Gasteiger partial charge in [0.1, 0.15) is 0 Å². The van der Waals surface area contributed by atoms with Crippen LogP contribution >= 0.6 is 0 Å². The zero-order valence-electron chi connectivity index (χ0n) is 18.3. The van der Waals surface area contributed by atoms with Crippen LogP contribution in [0.1, 0.15) is 62.6 Å². The van der Waals surface area contributed by atoms with Gasteiger partial charge in [-0.3, -0.25) is 9.59 Å². The van der Waals surface area contributed by atoms with Crippen LogP contribution in [0.2, 0.25) is 0 Å². The van der Waals surface area contributed by atoms with Crippen molar-refractivity contribution in [1.29, 1.82) is 0 Å². The fourth-order valence-corrected chi connectivity index (χ4v) is 6.81. The van der Waals surface area contributed by atoms with E-state index in [-0.39, 0.29) is 28.8 Å². The number of carbonyl (C=O) groups is 2. The number of nitrogens with zero attached hydrogens (tertiary/aromatic N) is 1. The average Bonchev–Trinajstić information content (AvgIpc) is 2.60. The van der Waals surface area contributed by atoms with Gasteiger partial charge in [-0.05, 0) is 76.9 Å². The van der Waals surface area contributed by atoms with E-state index in [4.69, 9.17) is 0 Å². The standard InChI is InChI=1S/C24H35N3O2/c1-16-5-7-20(8-6-16)21(27(3)4)14-25-22(29)23-10-18-9-19(11-23)13-24(12-18,15-23)26-17(2)28/h5-8,18-19,21H,9-15H2,1-4H3,(H,25,29)(H,26,28)/t18-,19+,21-,23?,24?/m1/s1. The zero-order valence-corrected chi connectivity index (χ0v) is 18.3. The summed E-state index contributed by atoms with van der Waals surface area (Å²) >= 11 is 0. The summed E-state index contributed by atoms with van der Waals surface area (Å²) < 4.78 is 0. The second kappa shape index (κ2) is 7.42. The van der Waals surface area contributed by atoms with E-state index in [0.29, 0.717) is 18.4 Å². The van der Waals surface area contributed by atoms with Crippen molar-refractivity contribution in [3.8, 4) is 0 Å². The SMILES string of the molecule is CC(=O)NC12C[C@H]3C[C@@H](C1)CC(C(=O)NC[C@H](c1ccc(C)cc1)N(C)C)(C3)C2. The Kier molecular flexibility index (Phi) is 5.22. The predicted molar refractivity (Wildman–Crippen MR) is 114 cm³/mol. The highest BCUT2D eigenvalue weighted by molar-refractivity contribution is 5.84. The largest absolute Gasteiger partial charge is 0.354 e. The molecular weight excluding hydrogens is 362 g/mol. The molecule has 2 unspecified atom stereocenters. The second-order valence-corrected chi connectivity index (χ2v) is 10.3. The van der Waals surface area contributed by atoms with Gasteiger partial charge in [-0.1, -0.05) is 29.8 Å². The van der Waals surface area contributed by atoms with Gasteiger partial charge in [-0.15, -0.1) is 0 Å². The molecule has 2 N–H and O–H groups in total. The van der Waals surface area contributed by atoms with Crippen LogP contribution in [0.25, 0.3) is 0 Å². The molecule has 5 rings (SSSR count). The van der Waals surface area contributed by atoms with Crippen LogP contribution in [0, 0.1) is 24.2 Å². The van der Waals surface area contributed by atoms with Crippen molar-refractivity contribution in [2.45, 2.75) is 64.0 Å². The minimum absolute atomic E-state index is 0.0366. The van der Waals surface area contributed by atoms with Crippen LogP contribution in [0.3, 0.4) is 0 Å². The lowest BCUT2D eigenvalue weighted by atomic mass is 9.46. The van der Waals surface area contributed by atoms with E-state index in [1.165, 1.54) is 17.5 Å². The molecule has 4 fully saturated rings. The summed E-state index contributed by atoms with van der Waals surface area (Å²) in [4.78, 5) is 27.5. The van der Waals surface area contributed by atoms with Gasteiger partial charge in [0.2, 0.25) is 11.8 Å². The summed E-state index contributed by atoms with van der Waals surface area (Å²) in [6.45, 7) is 4.31. The fourth-order valence-electron chi connectivity index (χ4n) is 6.81. The number of hydrogen-bond acceptors (Lipinski definition) is 3. The molecule has 0 aliphatic heterocycles. The fraction of sp³-hybridized carbons (Fsp3) is 0.667. The van der Waals surface area contributed by atoms with E-state index < -0.39 is 0 Å². The first kappa shape index (κ1) is 20.4. The van der Waals surface area contributed by atoms with Gasteiger partial charge < -0.3 is 15.5 Å². The van der Waals surface area contributed by atoms with E-state index in [0.717, 1.165) is 32.1 Å². The third-order valence-corrected chi connectivity index (χ3v) is 7.53. The maximum atomic E-state index is 13.5. The number of nitrogens with one attached hydrogen (secondary N) is 2. The van der Waals surface area contributed by atoms with Crippen molar-refractivity contribution in [3.63, 3.8) is 0 Å². The molecule has 158 valence electrons. The highest BCUT2D eigenvalue weighted by atomic mass is 16.2. The zero-order chi connectivity index (χ0) is 20.8. The molecule has 5 heteroatoms. The number of aryl methyl sites for hydroxylation is 1. The van der Waals surface area contributed by atoms with Crippen molar-refractivity contribution < 1.29 is 9.59 Å². The molecule has 4 bridgehead atoms. The molecule has 0 radical (unpaired) electrons. The monoisotopic (exact) mass is 397 g/mol. The number of likely N-dealkylation sites (N-methyl/N-ethyl adjacent to an activating group) is 1.